The van der Waals surface area contributed by atoms with Gasteiger partial charge in [0.05, 0.1) is 23.0 Å². The standard InChI is InChI=1S/C13H20O4S2/c1-3-17-12(16)8-6-7(2)9(11(14)15)10(8)13-18-4-5-19-13/h7-10,13H,3-6H2,1-2H3,(H,14,15)/t7-,8+,9-,10+/m1/s1. The predicted octanol–water partition coefficient (Wildman–Crippen LogP) is 2.33. The van der Waals surface area contributed by atoms with Crippen LogP contribution in [0.3, 0.4) is 0 Å². The number of hydrogen-bond acceptors (Lipinski definition) is 5. The zero-order valence-corrected chi connectivity index (χ0v) is 12.8. The van der Waals surface area contributed by atoms with Gasteiger partial charge < -0.3 is 9.84 Å². The van der Waals surface area contributed by atoms with Crippen molar-refractivity contribution in [1.29, 1.82) is 0 Å². The van der Waals surface area contributed by atoms with Gasteiger partial charge in [-0.3, -0.25) is 9.59 Å². The van der Waals surface area contributed by atoms with Gasteiger partial charge >= 0.3 is 11.9 Å². The van der Waals surface area contributed by atoms with Gasteiger partial charge in [-0.2, -0.15) is 0 Å². The van der Waals surface area contributed by atoms with Gasteiger partial charge in [0.1, 0.15) is 0 Å². The summed E-state index contributed by atoms with van der Waals surface area (Å²) in [6.07, 6.45) is 0.637. The lowest BCUT2D eigenvalue weighted by atomic mass is 9.88. The lowest BCUT2D eigenvalue weighted by molar-refractivity contribution is -0.150. The Bertz CT molecular complexity index is 355. The largest absolute Gasteiger partial charge is 0.481 e. The molecule has 0 aromatic carbocycles. The number of carbonyl (C=O) groups is 2. The molecule has 2 aliphatic rings. The Morgan fingerprint density at radius 3 is 2.47 bits per heavy atom. The summed E-state index contributed by atoms with van der Waals surface area (Å²) in [5.74, 6) is 0.387. The molecule has 0 unspecified atom stereocenters. The number of ether oxygens (including phenoxy) is 1. The molecule has 1 N–H and O–H groups in total. The Morgan fingerprint density at radius 1 is 1.32 bits per heavy atom. The van der Waals surface area contributed by atoms with E-state index in [1.54, 1.807) is 30.4 Å². The van der Waals surface area contributed by atoms with Crippen molar-refractivity contribution >= 4 is 35.5 Å². The average Bonchev–Trinajstić information content (AvgIpc) is 2.95. The highest BCUT2D eigenvalue weighted by Crippen LogP contribution is 2.52. The number of esters is 1. The molecule has 1 aliphatic carbocycles. The van der Waals surface area contributed by atoms with Gasteiger partial charge in [-0.25, -0.2) is 0 Å². The summed E-state index contributed by atoms with van der Waals surface area (Å²) < 4.78 is 5.36. The summed E-state index contributed by atoms with van der Waals surface area (Å²) in [7, 11) is 0. The zero-order chi connectivity index (χ0) is 14.0. The second kappa shape index (κ2) is 6.39. The molecule has 6 heteroatoms. The van der Waals surface area contributed by atoms with Crippen LogP contribution in [0.15, 0.2) is 0 Å². The first-order valence-electron chi connectivity index (χ1n) is 6.69. The second-order valence-electron chi connectivity index (χ2n) is 5.12. The van der Waals surface area contributed by atoms with E-state index in [2.05, 4.69) is 0 Å². The van der Waals surface area contributed by atoms with Crippen LogP contribution in [0.1, 0.15) is 20.3 Å². The van der Waals surface area contributed by atoms with Crippen LogP contribution in [0.25, 0.3) is 0 Å². The van der Waals surface area contributed by atoms with Gasteiger partial charge in [-0.15, -0.1) is 23.5 Å². The Hall–Kier alpha value is -0.360. The summed E-state index contributed by atoms with van der Waals surface area (Å²) in [6, 6.07) is 0. The van der Waals surface area contributed by atoms with Crippen molar-refractivity contribution in [1.82, 2.24) is 0 Å². The van der Waals surface area contributed by atoms with Crippen molar-refractivity contribution in [3.05, 3.63) is 0 Å². The van der Waals surface area contributed by atoms with E-state index in [1.807, 2.05) is 6.92 Å². The highest BCUT2D eigenvalue weighted by molar-refractivity contribution is 8.20. The molecule has 0 radical (unpaired) electrons. The van der Waals surface area contributed by atoms with Gasteiger partial charge in [0.2, 0.25) is 0 Å². The molecule has 4 nitrogen and oxygen atoms in total. The predicted molar refractivity (Wildman–Crippen MR) is 77.2 cm³/mol. The van der Waals surface area contributed by atoms with Gasteiger partial charge in [0.15, 0.2) is 0 Å². The van der Waals surface area contributed by atoms with E-state index < -0.39 is 11.9 Å². The van der Waals surface area contributed by atoms with Crippen LogP contribution in [-0.4, -0.2) is 39.7 Å². The molecule has 2 fully saturated rings. The third kappa shape index (κ3) is 3.05. The molecule has 1 aliphatic heterocycles. The summed E-state index contributed by atoms with van der Waals surface area (Å²) in [5, 5.41) is 9.47. The van der Waals surface area contributed by atoms with Gasteiger partial charge in [0, 0.05) is 17.4 Å². The fourth-order valence-electron chi connectivity index (χ4n) is 3.20. The van der Waals surface area contributed by atoms with Gasteiger partial charge in [0.25, 0.3) is 0 Å². The van der Waals surface area contributed by atoms with E-state index in [-0.39, 0.29) is 28.3 Å². The smallest absolute Gasteiger partial charge is 0.309 e. The molecule has 19 heavy (non-hydrogen) atoms. The molecule has 1 heterocycles. The molecule has 4 atom stereocenters. The lowest BCUT2D eigenvalue weighted by Crippen LogP contribution is -2.34. The minimum Gasteiger partial charge on any atom is -0.481 e. The maximum absolute atomic E-state index is 12.1. The molecule has 0 amide bonds. The fraction of sp³-hybridized carbons (Fsp3) is 0.846. The van der Waals surface area contributed by atoms with Crippen molar-refractivity contribution in [2.45, 2.75) is 24.9 Å². The second-order valence-corrected chi connectivity index (χ2v) is 7.92. The molecular weight excluding hydrogens is 284 g/mol. The molecule has 0 spiro atoms. The molecule has 1 saturated carbocycles. The topological polar surface area (TPSA) is 63.6 Å². The number of aliphatic carboxylic acids is 1. The third-order valence-corrected chi connectivity index (χ3v) is 7.19. The summed E-state index contributed by atoms with van der Waals surface area (Å²) in [5.41, 5.74) is 0. The lowest BCUT2D eigenvalue weighted by Gasteiger charge is -2.26. The number of rotatable bonds is 4. The molecular formula is C13H20O4S2. The highest BCUT2D eigenvalue weighted by Gasteiger charge is 2.52. The Labute approximate surface area is 122 Å². The van der Waals surface area contributed by atoms with E-state index in [0.717, 1.165) is 11.5 Å². The number of carbonyl (C=O) groups excluding carboxylic acids is 1. The quantitative estimate of drug-likeness (QED) is 0.804. The maximum atomic E-state index is 12.1. The number of thioether (sulfide) groups is 2. The number of carboxylic acids is 1. The minimum absolute atomic E-state index is 0.0405. The van der Waals surface area contributed by atoms with Crippen LogP contribution in [0, 0.1) is 23.7 Å². The normalized spacial score (nSPS) is 35.5. The van der Waals surface area contributed by atoms with Crippen LogP contribution in [0.2, 0.25) is 0 Å². The first-order valence-corrected chi connectivity index (χ1v) is 8.78. The first-order chi connectivity index (χ1) is 9.06. The monoisotopic (exact) mass is 304 g/mol. The zero-order valence-electron chi connectivity index (χ0n) is 11.2. The Balaban J connectivity index is 2.21. The van der Waals surface area contributed by atoms with Crippen LogP contribution in [0.4, 0.5) is 0 Å². The fourth-order valence-corrected chi connectivity index (χ4v) is 6.56. The number of carboxylic acid groups (broad SMARTS) is 1. The molecule has 1 saturated heterocycles. The van der Waals surface area contributed by atoms with E-state index in [0.29, 0.717) is 13.0 Å². The van der Waals surface area contributed by atoms with Crippen molar-refractivity contribution in [3.63, 3.8) is 0 Å². The molecule has 0 bridgehead atoms. The van der Waals surface area contributed by atoms with Crippen LogP contribution < -0.4 is 0 Å². The van der Waals surface area contributed by atoms with Gasteiger partial charge in [-0.05, 0) is 19.3 Å². The summed E-state index contributed by atoms with van der Waals surface area (Å²) in [4.78, 5) is 23.6. The van der Waals surface area contributed by atoms with Crippen molar-refractivity contribution in [2.24, 2.45) is 23.7 Å². The summed E-state index contributed by atoms with van der Waals surface area (Å²) in [6.45, 7) is 4.09. The first kappa shape index (κ1) is 15.0. The van der Waals surface area contributed by atoms with Crippen molar-refractivity contribution in [2.75, 3.05) is 18.1 Å². The summed E-state index contributed by atoms with van der Waals surface area (Å²) >= 11 is 3.59. The van der Waals surface area contributed by atoms with Gasteiger partial charge in [-0.1, -0.05) is 6.92 Å². The average molecular weight is 304 g/mol. The third-order valence-electron chi connectivity index (χ3n) is 3.95. The molecule has 0 aromatic rings. The SMILES string of the molecule is CCOC(=O)[C@H]1C[C@@H](C)[C@@H](C(=O)O)[C@H]1C1SCCS1. The van der Waals surface area contributed by atoms with Crippen LogP contribution in [-0.2, 0) is 14.3 Å². The number of hydrogen-bond donors (Lipinski definition) is 1. The van der Waals surface area contributed by atoms with E-state index in [4.69, 9.17) is 4.74 Å². The van der Waals surface area contributed by atoms with Crippen molar-refractivity contribution < 1.29 is 19.4 Å². The van der Waals surface area contributed by atoms with Crippen LogP contribution >= 0.6 is 23.5 Å². The van der Waals surface area contributed by atoms with Crippen LogP contribution in [0.5, 0.6) is 0 Å². The molecule has 108 valence electrons. The molecule has 0 aromatic heterocycles. The van der Waals surface area contributed by atoms with E-state index in [9.17, 15) is 14.7 Å². The minimum atomic E-state index is -0.766. The maximum Gasteiger partial charge on any atom is 0.309 e. The molecule has 2 rings (SSSR count). The Kier molecular flexibility index (Phi) is 5.06. The van der Waals surface area contributed by atoms with E-state index in [1.165, 1.54) is 0 Å². The van der Waals surface area contributed by atoms with E-state index >= 15 is 0 Å². The van der Waals surface area contributed by atoms with Crippen molar-refractivity contribution in [3.8, 4) is 0 Å². The highest BCUT2D eigenvalue weighted by atomic mass is 32.2. The Morgan fingerprint density at radius 2 is 1.95 bits per heavy atom.